The minimum Gasteiger partial charge on any atom is -0.456 e. The first-order chi connectivity index (χ1) is 12.7. The topological polar surface area (TPSA) is 110 Å². The maximum Gasteiger partial charge on any atom is 0.307 e. The monoisotopic (exact) mass is 398 g/mol. The minimum atomic E-state index is -3.60. The van der Waals surface area contributed by atoms with E-state index in [0.29, 0.717) is 6.54 Å². The zero-order valence-corrected chi connectivity index (χ0v) is 16.7. The molecule has 27 heavy (non-hydrogen) atoms. The number of hydrogen-bond donors (Lipinski definition) is 1. The fourth-order valence-electron chi connectivity index (χ4n) is 2.19. The molecule has 0 saturated heterocycles. The summed E-state index contributed by atoms with van der Waals surface area (Å²) in [6.45, 7) is 5.40. The lowest BCUT2D eigenvalue weighted by Gasteiger charge is -2.20. The van der Waals surface area contributed by atoms with Crippen molar-refractivity contribution in [2.75, 3.05) is 32.0 Å². The van der Waals surface area contributed by atoms with Gasteiger partial charge < -0.3 is 15.0 Å². The molecule has 0 atom stereocenters. The number of carbonyl (C=O) groups is 3. The van der Waals surface area contributed by atoms with Crippen LogP contribution < -0.4 is 5.32 Å². The standard InChI is InChI=1S/C18H26N2O6S/c1-4-19-16(21)12-20(5-2)17(22)13-26-18(23)10-11-27(24,25)15-8-6-14(3)7-9-15/h6-9H,4-5,10-13H2,1-3H3,(H,19,21). The Morgan fingerprint density at radius 2 is 1.74 bits per heavy atom. The molecule has 0 fully saturated rings. The van der Waals surface area contributed by atoms with Crippen molar-refractivity contribution in [1.82, 2.24) is 10.2 Å². The van der Waals surface area contributed by atoms with Crippen LogP contribution in [0.15, 0.2) is 29.2 Å². The summed E-state index contributed by atoms with van der Waals surface area (Å²) < 4.78 is 29.2. The maximum atomic E-state index is 12.2. The normalized spacial score (nSPS) is 10.9. The fraction of sp³-hybridized carbons (Fsp3) is 0.500. The third kappa shape index (κ3) is 7.78. The van der Waals surface area contributed by atoms with E-state index in [4.69, 9.17) is 4.74 Å². The quantitative estimate of drug-likeness (QED) is 0.581. The Kier molecular flexibility index (Phi) is 8.93. The van der Waals surface area contributed by atoms with Crippen LogP contribution >= 0.6 is 0 Å². The van der Waals surface area contributed by atoms with Crippen LogP contribution in [0.4, 0.5) is 0 Å². The molecule has 0 bridgehead atoms. The van der Waals surface area contributed by atoms with Crippen LogP contribution in [-0.2, 0) is 29.0 Å². The molecule has 0 radical (unpaired) electrons. The molecular weight excluding hydrogens is 372 g/mol. The van der Waals surface area contributed by atoms with Crippen LogP contribution in [0.1, 0.15) is 25.8 Å². The highest BCUT2D eigenvalue weighted by atomic mass is 32.2. The summed E-state index contributed by atoms with van der Waals surface area (Å²) in [5.74, 6) is -2.01. The molecule has 1 aromatic carbocycles. The molecule has 1 aromatic rings. The van der Waals surface area contributed by atoms with Gasteiger partial charge in [-0.15, -0.1) is 0 Å². The van der Waals surface area contributed by atoms with Gasteiger partial charge in [-0.2, -0.15) is 0 Å². The number of likely N-dealkylation sites (N-methyl/N-ethyl adjacent to an activating group) is 2. The van der Waals surface area contributed by atoms with Crippen molar-refractivity contribution in [1.29, 1.82) is 0 Å². The molecule has 0 aromatic heterocycles. The molecule has 0 unspecified atom stereocenters. The van der Waals surface area contributed by atoms with E-state index in [9.17, 15) is 22.8 Å². The number of hydrogen-bond acceptors (Lipinski definition) is 6. The zero-order valence-electron chi connectivity index (χ0n) is 15.9. The third-order valence-corrected chi connectivity index (χ3v) is 5.49. The van der Waals surface area contributed by atoms with Crippen molar-refractivity contribution < 1.29 is 27.5 Å². The van der Waals surface area contributed by atoms with Crippen LogP contribution in [0, 0.1) is 6.92 Å². The lowest BCUT2D eigenvalue weighted by molar-refractivity contribution is -0.152. The van der Waals surface area contributed by atoms with Crippen molar-refractivity contribution >= 4 is 27.6 Å². The maximum absolute atomic E-state index is 12.2. The Balaban J connectivity index is 2.48. The Morgan fingerprint density at radius 1 is 1.11 bits per heavy atom. The van der Waals surface area contributed by atoms with E-state index in [0.717, 1.165) is 5.56 Å². The van der Waals surface area contributed by atoms with Crippen LogP contribution in [0.3, 0.4) is 0 Å². The molecule has 0 saturated carbocycles. The molecule has 0 aliphatic heterocycles. The Hall–Kier alpha value is -2.42. The molecule has 1 N–H and O–H groups in total. The zero-order chi connectivity index (χ0) is 20.4. The summed E-state index contributed by atoms with van der Waals surface area (Å²) in [5.41, 5.74) is 0.931. The van der Waals surface area contributed by atoms with Crippen molar-refractivity contribution in [2.24, 2.45) is 0 Å². The number of carbonyl (C=O) groups excluding carboxylic acids is 3. The van der Waals surface area contributed by atoms with E-state index in [-0.39, 0.29) is 30.3 Å². The molecule has 0 aliphatic rings. The number of aryl methyl sites for hydroxylation is 1. The van der Waals surface area contributed by atoms with Gasteiger partial charge in [-0.3, -0.25) is 14.4 Å². The summed E-state index contributed by atoms with van der Waals surface area (Å²) in [6, 6.07) is 6.33. The summed E-state index contributed by atoms with van der Waals surface area (Å²) in [5, 5.41) is 2.58. The van der Waals surface area contributed by atoms with Gasteiger partial charge in [-0.1, -0.05) is 17.7 Å². The molecule has 8 nitrogen and oxygen atoms in total. The Labute approximate surface area is 159 Å². The van der Waals surface area contributed by atoms with Crippen LogP contribution in [-0.4, -0.2) is 63.1 Å². The summed E-state index contributed by atoms with van der Waals surface area (Å²) in [4.78, 5) is 36.7. The van der Waals surface area contributed by atoms with E-state index in [1.165, 1.54) is 17.0 Å². The first-order valence-corrected chi connectivity index (χ1v) is 10.3. The van der Waals surface area contributed by atoms with E-state index in [2.05, 4.69) is 5.32 Å². The summed E-state index contributed by atoms with van der Waals surface area (Å²) in [6.07, 6.45) is -0.355. The van der Waals surface area contributed by atoms with Gasteiger partial charge in [0, 0.05) is 13.1 Å². The number of nitrogens with one attached hydrogen (secondary N) is 1. The second-order valence-electron chi connectivity index (χ2n) is 5.90. The molecule has 1 rings (SSSR count). The highest BCUT2D eigenvalue weighted by molar-refractivity contribution is 7.91. The number of sulfone groups is 1. The Bertz CT molecular complexity index is 759. The second-order valence-corrected chi connectivity index (χ2v) is 8.01. The third-order valence-electron chi connectivity index (χ3n) is 3.75. The molecule has 0 aliphatic carbocycles. The van der Waals surface area contributed by atoms with Gasteiger partial charge in [-0.05, 0) is 32.9 Å². The molecule has 9 heteroatoms. The number of rotatable bonds is 10. The van der Waals surface area contributed by atoms with Crippen LogP contribution in [0.2, 0.25) is 0 Å². The van der Waals surface area contributed by atoms with Crippen molar-refractivity contribution in [3.05, 3.63) is 29.8 Å². The van der Waals surface area contributed by atoms with Crippen LogP contribution in [0.5, 0.6) is 0 Å². The van der Waals surface area contributed by atoms with Crippen molar-refractivity contribution in [2.45, 2.75) is 32.1 Å². The number of esters is 1. The molecule has 2 amide bonds. The van der Waals surface area contributed by atoms with Gasteiger partial charge in [0.25, 0.3) is 5.91 Å². The van der Waals surface area contributed by atoms with E-state index in [1.807, 2.05) is 6.92 Å². The minimum absolute atomic E-state index is 0.122. The van der Waals surface area contributed by atoms with Gasteiger partial charge in [-0.25, -0.2) is 8.42 Å². The first kappa shape index (κ1) is 22.6. The lowest BCUT2D eigenvalue weighted by atomic mass is 10.2. The largest absolute Gasteiger partial charge is 0.456 e. The van der Waals surface area contributed by atoms with E-state index >= 15 is 0 Å². The average Bonchev–Trinajstić information content (AvgIpc) is 2.63. The highest BCUT2D eigenvalue weighted by Crippen LogP contribution is 2.13. The predicted molar refractivity (Wildman–Crippen MR) is 99.7 cm³/mol. The van der Waals surface area contributed by atoms with Crippen LogP contribution in [0.25, 0.3) is 0 Å². The highest BCUT2D eigenvalue weighted by Gasteiger charge is 2.20. The van der Waals surface area contributed by atoms with Gasteiger partial charge in [0.15, 0.2) is 16.4 Å². The van der Waals surface area contributed by atoms with Gasteiger partial charge in [0.1, 0.15) is 0 Å². The first-order valence-electron chi connectivity index (χ1n) is 8.69. The fourth-order valence-corrected chi connectivity index (χ4v) is 3.41. The van der Waals surface area contributed by atoms with Crippen molar-refractivity contribution in [3.63, 3.8) is 0 Å². The smallest absolute Gasteiger partial charge is 0.307 e. The SMILES string of the molecule is CCNC(=O)CN(CC)C(=O)COC(=O)CCS(=O)(=O)c1ccc(C)cc1. The molecular formula is C18H26N2O6S. The molecule has 150 valence electrons. The molecule has 0 heterocycles. The van der Waals surface area contributed by atoms with E-state index < -0.39 is 34.1 Å². The Morgan fingerprint density at radius 3 is 2.30 bits per heavy atom. The predicted octanol–water partition coefficient (Wildman–Crippen LogP) is 0.687. The number of nitrogens with zero attached hydrogens (tertiary/aromatic N) is 1. The summed E-state index contributed by atoms with van der Waals surface area (Å²) in [7, 11) is -3.60. The number of ether oxygens (including phenoxy) is 1. The van der Waals surface area contributed by atoms with Gasteiger partial charge in [0.2, 0.25) is 5.91 Å². The van der Waals surface area contributed by atoms with Gasteiger partial charge in [0.05, 0.1) is 23.6 Å². The average molecular weight is 398 g/mol. The van der Waals surface area contributed by atoms with Gasteiger partial charge >= 0.3 is 5.97 Å². The van der Waals surface area contributed by atoms with Crippen molar-refractivity contribution in [3.8, 4) is 0 Å². The number of benzene rings is 1. The summed E-state index contributed by atoms with van der Waals surface area (Å²) >= 11 is 0. The number of amides is 2. The molecule has 0 spiro atoms. The lowest BCUT2D eigenvalue weighted by Crippen LogP contribution is -2.42. The van der Waals surface area contributed by atoms with E-state index in [1.54, 1.807) is 26.0 Å². The second kappa shape index (κ2) is 10.7.